The molecule has 0 saturated heterocycles. The second-order valence-corrected chi connectivity index (χ2v) is 6.23. The van der Waals surface area contributed by atoms with Crippen LogP contribution in [0.25, 0.3) is 0 Å². The van der Waals surface area contributed by atoms with Crippen molar-refractivity contribution >= 4 is 0 Å². The summed E-state index contributed by atoms with van der Waals surface area (Å²) in [7, 11) is 0. The van der Waals surface area contributed by atoms with Crippen LogP contribution in [0.15, 0.2) is 72.8 Å². The first kappa shape index (κ1) is 17.2. The van der Waals surface area contributed by atoms with E-state index in [1.165, 1.54) is 5.56 Å². The van der Waals surface area contributed by atoms with Gasteiger partial charge in [0.15, 0.2) is 0 Å². The van der Waals surface area contributed by atoms with E-state index in [-0.39, 0.29) is 0 Å². The van der Waals surface area contributed by atoms with E-state index in [1.54, 1.807) is 6.92 Å². The molecule has 3 aromatic rings. The molecule has 0 spiro atoms. The minimum atomic E-state index is -0.743. The Labute approximate surface area is 148 Å². The lowest BCUT2D eigenvalue weighted by molar-refractivity contribution is 0.197. The van der Waals surface area contributed by atoms with Crippen molar-refractivity contribution in [2.45, 2.75) is 26.1 Å². The van der Waals surface area contributed by atoms with Crippen LogP contribution in [-0.4, -0.2) is 10.2 Å². The average molecular weight is 334 g/mol. The molecule has 0 radical (unpaired) electrons. The molecule has 0 aliphatic heterocycles. The SMILES string of the molecule is Cc1ccc(Oc2ccc([C@@H](O)c3cccc([C@H](C)O)c3)cc2)cc1. The summed E-state index contributed by atoms with van der Waals surface area (Å²) in [5, 5.41) is 20.3. The van der Waals surface area contributed by atoms with Crippen LogP contribution >= 0.6 is 0 Å². The molecular formula is C22H22O3. The van der Waals surface area contributed by atoms with Gasteiger partial charge in [0.2, 0.25) is 0 Å². The van der Waals surface area contributed by atoms with Gasteiger partial charge >= 0.3 is 0 Å². The monoisotopic (exact) mass is 334 g/mol. The van der Waals surface area contributed by atoms with Gasteiger partial charge in [-0.15, -0.1) is 0 Å². The van der Waals surface area contributed by atoms with Crippen molar-refractivity contribution in [1.82, 2.24) is 0 Å². The maximum absolute atomic E-state index is 10.6. The molecular weight excluding hydrogens is 312 g/mol. The van der Waals surface area contributed by atoms with Gasteiger partial charge in [0.1, 0.15) is 17.6 Å². The maximum atomic E-state index is 10.6. The van der Waals surface area contributed by atoms with Crippen molar-refractivity contribution in [1.29, 1.82) is 0 Å². The number of hydrogen-bond acceptors (Lipinski definition) is 3. The van der Waals surface area contributed by atoms with Crippen LogP contribution in [0.3, 0.4) is 0 Å². The summed E-state index contributed by atoms with van der Waals surface area (Å²) >= 11 is 0. The highest BCUT2D eigenvalue weighted by molar-refractivity contribution is 5.38. The zero-order chi connectivity index (χ0) is 17.8. The smallest absolute Gasteiger partial charge is 0.127 e. The third kappa shape index (κ3) is 4.27. The summed E-state index contributed by atoms with van der Waals surface area (Å²) in [5.74, 6) is 1.50. The van der Waals surface area contributed by atoms with Crippen LogP contribution in [0.5, 0.6) is 11.5 Å². The molecule has 0 saturated carbocycles. The summed E-state index contributed by atoms with van der Waals surface area (Å²) < 4.78 is 5.81. The third-order valence-electron chi connectivity index (χ3n) is 4.16. The maximum Gasteiger partial charge on any atom is 0.127 e. The molecule has 0 aromatic heterocycles. The highest BCUT2D eigenvalue weighted by Gasteiger charge is 2.12. The fraction of sp³-hybridized carbons (Fsp3) is 0.182. The van der Waals surface area contributed by atoms with Crippen LogP contribution in [0, 0.1) is 6.92 Å². The van der Waals surface area contributed by atoms with Gasteiger partial charge in [-0.2, -0.15) is 0 Å². The first-order valence-corrected chi connectivity index (χ1v) is 8.33. The van der Waals surface area contributed by atoms with E-state index >= 15 is 0 Å². The molecule has 25 heavy (non-hydrogen) atoms. The topological polar surface area (TPSA) is 49.7 Å². The normalized spacial score (nSPS) is 13.3. The first-order chi connectivity index (χ1) is 12.0. The van der Waals surface area contributed by atoms with Gasteiger partial charge in [0, 0.05) is 0 Å². The minimum absolute atomic E-state index is 0.558. The predicted octanol–water partition coefficient (Wildman–Crippen LogP) is 4.92. The summed E-state index contributed by atoms with van der Waals surface area (Å²) in [6.45, 7) is 3.75. The minimum Gasteiger partial charge on any atom is -0.457 e. The van der Waals surface area contributed by atoms with Gasteiger partial charge in [-0.3, -0.25) is 0 Å². The van der Waals surface area contributed by atoms with Crippen LogP contribution in [0.1, 0.15) is 41.4 Å². The Kier molecular flexibility index (Phi) is 5.17. The summed E-state index contributed by atoms with van der Waals surface area (Å²) in [4.78, 5) is 0. The van der Waals surface area contributed by atoms with Gasteiger partial charge in [0.25, 0.3) is 0 Å². The Hall–Kier alpha value is -2.62. The molecule has 0 bridgehead atoms. The zero-order valence-corrected chi connectivity index (χ0v) is 14.4. The predicted molar refractivity (Wildman–Crippen MR) is 98.8 cm³/mol. The molecule has 0 heterocycles. The largest absolute Gasteiger partial charge is 0.457 e. The second kappa shape index (κ2) is 7.51. The van der Waals surface area contributed by atoms with Gasteiger partial charge in [-0.25, -0.2) is 0 Å². The van der Waals surface area contributed by atoms with Crippen molar-refractivity contribution in [2.24, 2.45) is 0 Å². The molecule has 3 nitrogen and oxygen atoms in total. The fourth-order valence-electron chi connectivity index (χ4n) is 2.64. The molecule has 0 aliphatic rings. The lowest BCUT2D eigenvalue weighted by Gasteiger charge is -2.14. The number of hydrogen-bond donors (Lipinski definition) is 2. The molecule has 0 aliphatic carbocycles. The van der Waals surface area contributed by atoms with Gasteiger partial charge in [-0.05, 0) is 54.8 Å². The lowest BCUT2D eigenvalue weighted by atomic mass is 9.98. The van der Waals surface area contributed by atoms with Crippen LogP contribution in [0.2, 0.25) is 0 Å². The highest BCUT2D eigenvalue weighted by Crippen LogP contribution is 2.28. The summed E-state index contributed by atoms with van der Waals surface area (Å²) in [5.41, 5.74) is 3.51. The highest BCUT2D eigenvalue weighted by atomic mass is 16.5. The van der Waals surface area contributed by atoms with E-state index in [9.17, 15) is 10.2 Å². The lowest BCUT2D eigenvalue weighted by Crippen LogP contribution is -2.01. The Morgan fingerprint density at radius 3 is 1.88 bits per heavy atom. The van der Waals surface area contributed by atoms with E-state index in [2.05, 4.69) is 0 Å². The molecule has 128 valence electrons. The van der Waals surface area contributed by atoms with E-state index in [0.717, 1.165) is 28.2 Å². The number of aliphatic hydroxyl groups is 2. The number of aryl methyl sites for hydroxylation is 1. The fourth-order valence-corrected chi connectivity index (χ4v) is 2.64. The van der Waals surface area contributed by atoms with Gasteiger partial charge < -0.3 is 14.9 Å². The van der Waals surface area contributed by atoms with Gasteiger partial charge in [-0.1, -0.05) is 54.1 Å². The molecule has 3 rings (SSSR count). The van der Waals surface area contributed by atoms with E-state index in [0.29, 0.717) is 0 Å². The molecule has 0 unspecified atom stereocenters. The van der Waals surface area contributed by atoms with Gasteiger partial charge in [0.05, 0.1) is 6.10 Å². The molecule has 2 atom stereocenters. The van der Waals surface area contributed by atoms with Crippen molar-refractivity contribution in [3.63, 3.8) is 0 Å². The van der Waals surface area contributed by atoms with E-state index < -0.39 is 12.2 Å². The van der Waals surface area contributed by atoms with Crippen LogP contribution in [-0.2, 0) is 0 Å². The first-order valence-electron chi connectivity index (χ1n) is 8.33. The van der Waals surface area contributed by atoms with Crippen LogP contribution in [0.4, 0.5) is 0 Å². The van der Waals surface area contributed by atoms with E-state index in [4.69, 9.17) is 4.74 Å². The van der Waals surface area contributed by atoms with Crippen molar-refractivity contribution in [3.8, 4) is 11.5 Å². The molecule has 2 N–H and O–H groups in total. The number of benzene rings is 3. The number of rotatable bonds is 5. The Morgan fingerprint density at radius 2 is 1.28 bits per heavy atom. The summed E-state index contributed by atoms with van der Waals surface area (Å²) in [6, 6.07) is 22.6. The standard InChI is InChI=1S/C22H22O3/c1-15-6-10-20(11-7-15)25-21-12-8-17(9-13-21)22(24)19-5-3-4-18(14-19)16(2)23/h3-14,16,22-24H,1-2H3/t16-,22+/m0/s1. The summed E-state index contributed by atoms with van der Waals surface area (Å²) in [6.07, 6.45) is -1.30. The zero-order valence-electron chi connectivity index (χ0n) is 14.4. The second-order valence-electron chi connectivity index (χ2n) is 6.23. The number of ether oxygens (including phenoxy) is 1. The van der Waals surface area contributed by atoms with Crippen molar-refractivity contribution in [3.05, 3.63) is 95.1 Å². The van der Waals surface area contributed by atoms with Crippen LogP contribution < -0.4 is 4.74 Å². The quantitative estimate of drug-likeness (QED) is 0.696. The third-order valence-corrected chi connectivity index (χ3v) is 4.16. The Balaban J connectivity index is 1.75. The number of aliphatic hydroxyl groups excluding tert-OH is 2. The Bertz CT molecular complexity index is 821. The molecule has 3 aromatic carbocycles. The van der Waals surface area contributed by atoms with Crippen molar-refractivity contribution < 1.29 is 14.9 Å². The average Bonchev–Trinajstić information content (AvgIpc) is 2.64. The molecule has 3 heteroatoms. The van der Waals surface area contributed by atoms with E-state index in [1.807, 2.05) is 79.7 Å². The van der Waals surface area contributed by atoms with Crippen molar-refractivity contribution in [2.75, 3.05) is 0 Å². The molecule has 0 fully saturated rings. The Morgan fingerprint density at radius 1 is 0.720 bits per heavy atom. The molecule has 0 amide bonds.